The van der Waals surface area contributed by atoms with Gasteiger partial charge in [-0.3, -0.25) is 4.79 Å². The highest BCUT2D eigenvalue weighted by atomic mass is 35.5. The maximum atomic E-state index is 13.0. The molecular formula is C23H20Cl2O3S. The van der Waals surface area contributed by atoms with Crippen molar-refractivity contribution in [3.05, 3.63) is 87.9 Å². The molecule has 0 unspecified atom stereocenters. The van der Waals surface area contributed by atoms with Gasteiger partial charge < -0.3 is 9.47 Å². The molecule has 0 aliphatic rings. The van der Waals surface area contributed by atoms with Gasteiger partial charge in [-0.05, 0) is 42.0 Å². The van der Waals surface area contributed by atoms with E-state index in [1.54, 1.807) is 44.2 Å². The van der Waals surface area contributed by atoms with Crippen LogP contribution in [0.5, 0.6) is 11.5 Å². The molecule has 0 saturated heterocycles. The first-order valence-electron chi connectivity index (χ1n) is 8.93. The van der Waals surface area contributed by atoms with Gasteiger partial charge >= 0.3 is 0 Å². The smallest absolute Gasteiger partial charge is 0.165 e. The van der Waals surface area contributed by atoms with Crippen LogP contribution in [-0.2, 0) is 0 Å². The average molecular weight is 447 g/mol. The van der Waals surface area contributed by atoms with E-state index in [1.807, 2.05) is 48.5 Å². The van der Waals surface area contributed by atoms with Gasteiger partial charge in [0.1, 0.15) is 11.5 Å². The van der Waals surface area contributed by atoms with Crippen LogP contribution >= 0.6 is 35.0 Å². The Morgan fingerprint density at radius 1 is 0.966 bits per heavy atom. The van der Waals surface area contributed by atoms with E-state index in [-0.39, 0.29) is 17.5 Å². The van der Waals surface area contributed by atoms with E-state index in [2.05, 4.69) is 0 Å². The zero-order valence-corrected chi connectivity index (χ0v) is 18.4. The SMILES string of the molecule is COc1ccc(OC)c(S[C@H](CC(=O)c2ccc(Cl)cc2Cl)c2ccccc2)c1. The number of ether oxygens (including phenoxy) is 2. The summed E-state index contributed by atoms with van der Waals surface area (Å²) in [6.45, 7) is 0. The van der Waals surface area contributed by atoms with Crippen molar-refractivity contribution in [1.82, 2.24) is 0 Å². The molecule has 0 saturated carbocycles. The van der Waals surface area contributed by atoms with Crippen molar-refractivity contribution in [2.24, 2.45) is 0 Å². The molecule has 0 aliphatic carbocycles. The van der Waals surface area contributed by atoms with Crippen LogP contribution < -0.4 is 9.47 Å². The molecule has 0 fully saturated rings. The number of hydrogen-bond acceptors (Lipinski definition) is 4. The number of halogens is 2. The predicted octanol–water partition coefficient (Wildman–Crippen LogP) is 7.12. The minimum absolute atomic E-state index is 0.0464. The Balaban J connectivity index is 1.93. The summed E-state index contributed by atoms with van der Waals surface area (Å²) >= 11 is 13.8. The van der Waals surface area contributed by atoms with Crippen molar-refractivity contribution in [3.8, 4) is 11.5 Å². The van der Waals surface area contributed by atoms with Gasteiger partial charge in [-0.2, -0.15) is 0 Å². The van der Waals surface area contributed by atoms with Crippen LogP contribution in [0.25, 0.3) is 0 Å². The Morgan fingerprint density at radius 2 is 1.72 bits per heavy atom. The summed E-state index contributed by atoms with van der Waals surface area (Å²) in [5.41, 5.74) is 1.51. The zero-order chi connectivity index (χ0) is 20.8. The van der Waals surface area contributed by atoms with Crippen LogP contribution in [0, 0.1) is 0 Å². The second kappa shape index (κ2) is 10.1. The number of thioether (sulfide) groups is 1. The molecule has 0 amide bonds. The predicted molar refractivity (Wildman–Crippen MR) is 120 cm³/mol. The highest BCUT2D eigenvalue weighted by Gasteiger charge is 2.22. The van der Waals surface area contributed by atoms with Gasteiger partial charge in [-0.15, -0.1) is 11.8 Å². The summed E-state index contributed by atoms with van der Waals surface area (Å²) in [5, 5.41) is 0.733. The number of benzene rings is 3. The fraction of sp³-hybridized carbons (Fsp3) is 0.174. The highest BCUT2D eigenvalue weighted by molar-refractivity contribution is 7.99. The Bertz CT molecular complexity index is 993. The van der Waals surface area contributed by atoms with Crippen LogP contribution in [0.4, 0.5) is 0 Å². The summed E-state index contributed by atoms with van der Waals surface area (Å²) in [7, 11) is 3.25. The van der Waals surface area contributed by atoms with E-state index in [9.17, 15) is 4.79 Å². The number of carbonyl (C=O) groups excluding carboxylic acids is 1. The molecule has 0 aromatic heterocycles. The normalized spacial score (nSPS) is 11.7. The van der Waals surface area contributed by atoms with Gasteiger partial charge in [0.05, 0.1) is 24.1 Å². The Morgan fingerprint density at radius 3 is 2.38 bits per heavy atom. The third-order valence-corrected chi connectivity index (χ3v) is 6.26. The minimum atomic E-state index is -0.128. The topological polar surface area (TPSA) is 35.5 Å². The first kappa shape index (κ1) is 21.6. The number of methoxy groups -OCH3 is 2. The van der Waals surface area contributed by atoms with E-state index in [0.29, 0.717) is 15.6 Å². The van der Waals surface area contributed by atoms with E-state index in [1.165, 1.54) is 0 Å². The van der Waals surface area contributed by atoms with Gasteiger partial charge in [0.25, 0.3) is 0 Å². The van der Waals surface area contributed by atoms with Crippen LogP contribution in [0.3, 0.4) is 0 Å². The number of ketones is 1. The molecular weight excluding hydrogens is 427 g/mol. The summed E-state index contributed by atoms with van der Waals surface area (Å²) in [4.78, 5) is 13.9. The molecule has 150 valence electrons. The molecule has 0 N–H and O–H groups in total. The van der Waals surface area contributed by atoms with Crippen molar-refractivity contribution in [2.75, 3.05) is 14.2 Å². The molecule has 3 rings (SSSR count). The lowest BCUT2D eigenvalue weighted by Gasteiger charge is -2.19. The molecule has 1 atom stereocenters. The molecule has 0 spiro atoms. The van der Waals surface area contributed by atoms with Crippen LogP contribution in [-0.4, -0.2) is 20.0 Å². The van der Waals surface area contributed by atoms with Gasteiger partial charge in [-0.25, -0.2) is 0 Å². The second-order valence-electron chi connectivity index (χ2n) is 6.29. The van der Waals surface area contributed by atoms with Crippen molar-refractivity contribution in [1.29, 1.82) is 0 Å². The fourth-order valence-corrected chi connectivity index (χ4v) is 4.72. The summed E-state index contributed by atoms with van der Waals surface area (Å²) < 4.78 is 10.9. The third kappa shape index (κ3) is 5.47. The molecule has 0 heterocycles. The maximum absolute atomic E-state index is 13.0. The Labute approximate surface area is 184 Å². The Kier molecular flexibility index (Phi) is 7.48. The molecule has 3 aromatic carbocycles. The van der Waals surface area contributed by atoms with Gasteiger partial charge in [0.15, 0.2) is 5.78 Å². The number of rotatable bonds is 8. The summed E-state index contributed by atoms with van der Waals surface area (Å²) in [5.74, 6) is 1.41. The Hall–Kier alpha value is -2.14. The monoisotopic (exact) mass is 446 g/mol. The molecule has 0 aliphatic heterocycles. The van der Waals surface area contributed by atoms with E-state index in [0.717, 1.165) is 22.0 Å². The molecule has 3 aromatic rings. The fourth-order valence-electron chi connectivity index (χ4n) is 2.92. The maximum Gasteiger partial charge on any atom is 0.165 e. The van der Waals surface area contributed by atoms with E-state index >= 15 is 0 Å². The lowest BCUT2D eigenvalue weighted by atomic mass is 10.0. The van der Waals surface area contributed by atoms with Crippen molar-refractivity contribution in [2.45, 2.75) is 16.6 Å². The molecule has 6 heteroatoms. The van der Waals surface area contributed by atoms with Crippen molar-refractivity contribution < 1.29 is 14.3 Å². The summed E-state index contributed by atoms with van der Waals surface area (Å²) in [6, 6.07) is 20.5. The van der Waals surface area contributed by atoms with Crippen LogP contribution in [0.2, 0.25) is 10.0 Å². The van der Waals surface area contributed by atoms with Gasteiger partial charge in [0, 0.05) is 22.3 Å². The third-order valence-electron chi connectivity index (χ3n) is 4.41. The standard InChI is InChI=1S/C23H20Cl2O3S/c1-27-17-9-11-21(28-2)23(13-17)29-22(15-6-4-3-5-7-15)14-20(26)18-10-8-16(24)12-19(18)25/h3-13,22H,14H2,1-2H3/t22-/m1/s1. The first-order valence-corrected chi connectivity index (χ1v) is 10.6. The molecule has 0 bridgehead atoms. The average Bonchev–Trinajstić information content (AvgIpc) is 2.73. The number of hydrogen-bond donors (Lipinski definition) is 0. The largest absolute Gasteiger partial charge is 0.497 e. The molecule has 29 heavy (non-hydrogen) atoms. The number of carbonyl (C=O) groups is 1. The molecule has 0 radical (unpaired) electrons. The van der Waals surface area contributed by atoms with Crippen LogP contribution in [0.1, 0.15) is 27.6 Å². The lowest BCUT2D eigenvalue weighted by Crippen LogP contribution is -2.06. The second-order valence-corrected chi connectivity index (χ2v) is 8.37. The molecule has 3 nitrogen and oxygen atoms in total. The van der Waals surface area contributed by atoms with Crippen molar-refractivity contribution >= 4 is 40.7 Å². The van der Waals surface area contributed by atoms with Crippen LogP contribution in [0.15, 0.2) is 71.6 Å². The lowest BCUT2D eigenvalue weighted by molar-refractivity contribution is 0.0982. The first-order chi connectivity index (χ1) is 14.0. The highest BCUT2D eigenvalue weighted by Crippen LogP contribution is 2.44. The van der Waals surface area contributed by atoms with Gasteiger partial charge in [0.2, 0.25) is 0 Å². The van der Waals surface area contributed by atoms with E-state index < -0.39 is 0 Å². The van der Waals surface area contributed by atoms with Crippen molar-refractivity contribution in [3.63, 3.8) is 0 Å². The number of Topliss-reactive ketones (excluding diaryl/α,β-unsaturated/α-hetero) is 1. The minimum Gasteiger partial charge on any atom is -0.497 e. The van der Waals surface area contributed by atoms with Gasteiger partial charge in [-0.1, -0.05) is 53.5 Å². The zero-order valence-electron chi connectivity index (χ0n) is 16.0. The summed E-state index contributed by atoms with van der Waals surface area (Å²) in [6.07, 6.45) is 0.274. The van der Waals surface area contributed by atoms with E-state index in [4.69, 9.17) is 32.7 Å². The quantitative estimate of drug-likeness (QED) is 0.272.